The van der Waals surface area contributed by atoms with Crippen LogP contribution in [0.5, 0.6) is 0 Å². The second kappa shape index (κ2) is 6.14. The maximum atomic E-state index is 4.79. The number of aromatic nitrogens is 1. The number of pyridine rings is 1. The number of hydrogen-bond acceptors (Lipinski definition) is 2. The predicted octanol–water partition coefficient (Wildman–Crippen LogP) is 4.56. The molecule has 0 saturated heterocycles. The van der Waals surface area contributed by atoms with Gasteiger partial charge in [-0.25, -0.2) is 4.99 Å². The summed E-state index contributed by atoms with van der Waals surface area (Å²) in [5, 5.41) is 0. The van der Waals surface area contributed by atoms with E-state index in [9.17, 15) is 0 Å². The van der Waals surface area contributed by atoms with Crippen LogP contribution < -0.4 is 0 Å². The van der Waals surface area contributed by atoms with E-state index < -0.39 is 0 Å². The Balaban J connectivity index is 2.10. The van der Waals surface area contributed by atoms with Gasteiger partial charge in [0.2, 0.25) is 0 Å². The fourth-order valence-corrected chi connectivity index (χ4v) is 2.12. The first-order valence-corrected chi connectivity index (χ1v) is 6.95. The second-order valence-corrected chi connectivity index (χ2v) is 4.88. The lowest BCUT2D eigenvalue weighted by atomic mass is 10.1. The van der Waals surface area contributed by atoms with Crippen LogP contribution in [0.3, 0.4) is 0 Å². The molecule has 0 aliphatic carbocycles. The molecule has 0 unspecified atom stereocenters. The van der Waals surface area contributed by atoms with E-state index >= 15 is 0 Å². The Morgan fingerprint density at radius 2 is 1.52 bits per heavy atom. The maximum absolute atomic E-state index is 4.79. The highest BCUT2D eigenvalue weighted by molar-refractivity contribution is 6.12. The van der Waals surface area contributed by atoms with Gasteiger partial charge in [-0.2, -0.15) is 0 Å². The zero-order valence-electron chi connectivity index (χ0n) is 11.9. The summed E-state index contributed by atoms with van der Waals surface area (Å²) in [4.78, 5) is 9.23. The van der Waals surface area contributed by atoms with Crippen LogP contribution in [-0.4, -0.2) is 10.7 Å². The van der Waals surface area contributed by atoms with Gasteiger partial charge in [0.25, 0.3) is 0 Å². The zero-order valence-corrected chi connectivity index (χ0v) is 11.9. The first-order valence-electron chi connectivity index (χ1n) is 6.95. The molecule has 3 aromatic rings. The minimum Gasteiger partial charge on any atom is -0.255 e. The Bertz CT molecular complexity index is 688. The van der Waals surface area contributed by atoms with E-state index in [1.54, 1.807) is 6.20 Å². The molecular weight excluding hydrogens is 256 g/mol. The molecule has 0 fully saturated rings. The highest BCUT2D eigenvalue weighted by atomic mass is 14.8. The maximum Gasteiger partial charge on any atom is 0.0965 e. The Kier molecular flexibility index (Phi) is 3.88. The smallest absolute Gasteiger partial charge is 0.0965 e. The normalized spacial score (nSPS) is 11.4. The van der Waals surface area contributed by atoms with E-state index in [0.717, 1.165) is 22.7 Å². The second-order valence-electron chi connectivity index (χ2n) is 4.88. The predicted molar refractivity (Wildman–Crippen MR) is 87.2 cm³/mol. The molecule has 0 aliphatic rings. The van der Waals surface area contributed by atoms with Crippen molar-refractivity contribution in [3.63, 3.8) is 0 Å². The molecule has 0 radical (unpaired) electrons. The average molecular weight is 272 g/mol. The lowest BCUT2D eigenvalue weighted by Gasteiger charge is -2.06. The van der Waals surface area contributed by atoms with E-state index in [-0.39, 0.29) is 0 Å². The molecule has 0 saturated carbocycles. The van der Waals surface area contributed by atoms with E-state index in [0.29, 0.717) is 0 Å². The van der Waals surface area contributed by atoms with Gasteiger partial charge in [-0.3, -0.25) is 4.98 Å². The summed E-state index contributed by atoms with van der Waals surface area (Å²) in [6, 6.07) is 24.2. The van der Waals surface area contributed by atoms with Gasteiger partial charge < -0.3 is 0 Å². The summed E-state index contributed by atoms with van der Waals surface area (Å²) < 4.78 is 0. The van der Waals surface area contributed by atoms with Crippen molar-refractivity contribution < 1.29 is 0 Å². The number of nitrogens with zero attached hydrogens (tertiary/aromatic N) is 2. The van der Waals surface area contributed by atoms with Crippen LogP contribution in [0.15, 0.2) is 84.0 Å². The van der Waals surface area contributed by atoms with Gasteiger partial charge in [0.1, 0.15) is 0 Å². The van der Waals surface area contributed by atoms with Crippen LogP contribution in [0.1, 0.15) is 16.8 Å². The summed E-state index contributed by atoms with van der Waals surface area (Å²) in [5.41, 5.74) is 5.00. The number of aryl methyl sites for hydroxylation is 1. The Hall–Kier alpha value is -2.74. The highest BCUT2D eigenvalue weighted by Crippen LogP contribution is 2.17. The van der Waals surface area contributed by atoms with E-state index in [4.69, 9.17) is 4.99 Å². The molecule has 3 rings (SSSR count). The highest BCUT2D eigenvalue weighted by Gasteiger charge is 2.07. The van der Waals surface area contributed by atoms with Crippen molar-refractivity contribution in [1.82, 2.24) is 4.98 Å². The minimum absolute atomic E-state index is 0.879. The van der Waals surface area contributed by atoms with Gasteiger partial charge in [-0.15, -0.1) is 0 Å². The third kappa shape index (κ3) is 3.23. The van der Waals surface area contributed by atoms with Crippen molar-refractivity contribution in [3.8, 4) is 0 Å². The van der Waals surface area contributed by atoms with Crippen molar-refractivity contribution in [3.05, 3.63) is 95.8 Å². The van der Waals surface area contributed by atoms with Crippen LogP contribution in [-0.2, 0) is 0 Å². The number of aliphatic imine (C=N–C) groups is 1. The number of benzene rings is 2. The van der Waals surface area contributed by atoms with Gasteiger partial charge >= 0.3 is 0 Å². The largest absolute Gasteiger partial charge is 0.255 e. The molecule has 2 heteroatoms. The standard InChI is InChI=1S/C19H16N2/c1-15-10-12-17(13-11-15)21-19(16-7-3-2-4-8-16)18-9-5-6-14-20-18/h2-14H,1H3. The van der Waals surface area contributed by atoms with Gasteiger partial charge in [0.05, 0.1) is 17.1 Å². The quantitative estimate of drug-likeness (QED) is 0.642. The SMILES string of the molecule is Cc1ccc(N=C(c2ccccc2)c2ccccn2)cc1. The molecule has 2 aromatic carbocycles. The lowest BCUT2D eigenvalue weighted by Crippen LogP contribution is -2.04. The van der Waals surface area contributed by atoms with Crippen molar-refractivity contribution in [2.75, 3.05) is 0 Å². The van der Waals surface area contributed by atoms with Crippen LogP contribution >= 0.6 is 0 Å². The summed E-state index contributed by atoms with van der Waals surface area (Å²) in [5.74, 6) is 0. The van der Waals surface area contributed by atoms with E-state index in [2.05, 4.69) is 36.2 Å². The van der Waals surface area contributed by atoms with E-state index in [1.807, 2.05) is 48.5 Å². The van der Waals surface area contributed by atoms with Crippen molar-refractivity contribution in [1.29, 1.82) is 0 Å². The fourth-order valence-electron chi connectivity index (χ4n) is 2.12. The molecule has 0 amide bonds. The van der Waals surface area contributed by atoms with Crippen molar-refractivity contribution >= 4 is 11.4 Å². The number of hydrogen-bond donors (Lipinski definition) is 0. The third-order valence-electron chi connectivity index (χ3n) is 3.23. The first-order chi connectivity index (χ1) is 10.3. The fraction of sp³-hybridized carbons (Fsp3) is 0.0526. The number of rotatable bonds is 3. The monoisotopic (exact) mass is 272 g/mol. The van der Waals surface area contributed by atoms with Crippen LogP contribution in [0.25, 0.3) is 0 Å². The van der Waals surface area contributed by atoms with Gasteiger partial charge in [0, 0.05) is 11.8 Å². The molecule has 21 heavy (non-hydrogen) atoms. The van der Waals surface area contributed by atoms with Crippen molar-refractivity contribution in [2.45, 2.75) is 6.92 Å². The lowest BCUT2D eigenvalue weighted by molar-refractivity contribution is 1.28. The molecule has 1 heterocycles. The summed E-state index contributed by atoms with van der Waals surface area (Å²) in [6.07, 6.45) is 1.79. The van der Waals surface area contributed by atoms with Crippen molar-refractivity contribution in [2.24, 2.45) is 4.99 Å². The topological polar surface area (TPSA) is 25.2 Å². The Morgan fingerprint density at radius 3 is 2.19 bits per heavy atom. The average Bonchev–Trinajstić information content (AvgIpc) is 2.56. The van der Waals surface area contributed by atoms with Gasteiger partial charge in [-0.1, -0.05) is 54.1 Å². The van der Waals surface area contributed by atoms with Crippen LogP contribution in [0.2, 0.25) is 0 Å². The molecule has 0 atom stereocenters. The Morgan fingerprint density at radius 1 is 0.810 bits per heavy atom. The molecule has 0 N–H and O–H groups in total. The van der Waals surface area contributed by atoms with Crippen LogP contribution in [0, 0.1) is 6.92 Å². The third-order valence-corrected chi connectivity index (χ3v) is 3.23. The molecular formula is C19H16N2. The van der Waals surface area contributed by atoms with E-state index in [1.165, 1.54) is 5.56 Å². The zero-order chi connectivity index (χ0) is 14.5. The first kappa shape index (κ1) is 13.3. The summed E-state index contributed by atoms with van der Waals surface area (Å²) >= 11 is 0. The van der Waals surface area contributed by atoms with Crippen LogP contribution in [0.4, 0.5) is 5.69 Å². The molecule has 0 aliphatic heterocycles. The summed E-state index contributed by atoms with van der Waals surface area (Å²) in [6.45, 7) is 2.07. The Labute approximate surface area is 124 Å². The molecule has 2 nitrogen and oxygen atoms in total. The van der Waals surface area contributed by atoms with Gasteiger partial charge in [0.15, 0.2) is 0 Å². The molecule has 0 spiro atoms. The molecule has 0 bridgehead atoms. The molecule has 102 valence electrons. The summed E-state index contributed by atoms with van der Waals surface area (Å²) in [7, 11) is 0. The molecule has 1 aromatic heterocycles. The van der Waals surface area contributed by atoms with Gasteiger partial charge in [-0.05, 0) is 31.2 Å². The minimum atomic E-state index is 0.879.